The van der Waals surface area contributed by atoms with Crippen LogP contribution in [0.25, 0.3) is 0 Å². The molecule has 124 valence electrons. The summed E-state index contributed by atoms with van der Waals surface area (Å²) in [6.45, 7) is 0.262. The molecule has 0 saturated heterocycles. The number of methoxy groups -OCH3 is 1. The smallest absolute Gasteiger partial charge is 0.257 e. The van der Waals surface area contributed by atoms with E-state index < -0.39 is 0 Å². The molecule has 1 aliphatic heterocycles. The average molecular weight is 323 g/mol. The maximum atomic E-state index is 12.5. The van der Waals surface area contributed by atoms with Crippen molar-refractivity contribution in [1.82, 2.24) is 10.3 Å². The first kappa shape index (κ1) is 16.2. The molecule has 1 N–H and O–H groups in total. The second-order valence-electron chi connectivity index (χ2n) is 5.67. The van der Waals surface area contributed by atoms with E-state index in [-0.39, 0.29) is 18.5 Å². The topological polar surface area (TPSA) is 53.9 Å². The number of benzene rings is 2. The number of amides is 1. The van der Waals surface area contributed by atoms with Gasteiger partial charge in [-0.15, -0.1) is 0 Å². The number of hydrogen-bond acceptors (Lipinski definition) is 4. The van der Waals surface area contributed by atoms with Crippen molar-refractivity contribution >= 4 is 11.6 Å². The summed E-state index contributed by atoms with van der Waals surface area (Å²) in [4.78, 5) is 12.5. The van der Waals surface area contributed by atoms with Gasteiger partial charge in [-0.3, -0.25) is 4.79 Å². The van der Waals surface area contributed by atoms with Gasteiger partial charge in [0.15, 0.2) is 0 Å². The molecule has 0 saturated carbocycles. The Hall–Kier alpha value is -2.66. The monoisotopic (exact) mass is 323 g/mol. The third-order valence-corrected chi connectivity index (χ3v) is 4.10. The number of likely N-dealkylation sites (N-methyl/N-ethyl adjacent to an activating group) is 1. The number of rotatable bonds is 5. The van der Waals surface area contributed by atoms with Gasteiger partial charge in [0.1, 0.15) is 5.75 Å². The molecule has 0 spiro atoms. The van der Waals surface area contributed by atoms with Crippen molar-refractivity contribution in [2.24, 2.45) is 5.10 Å². The predicted octanol–water partition coefficient (Wildman–Crippen LogP) is 2.59. The van der Waals surface area contributed by atoms with Gasteiger partial charge in [0.05, 0.1) is 25.4 Å². The molecule has 1 unspecified atom stereocenters. The van der Waals surface area contributed by atoms with Crippen LogP contribution in [-0.4, -0.2) is 37.3 Å². The lowest BCUT2D eigenvalue weighted by Crippen LogP contribution is -2.34. The van der Waals surface area contributed by atoms with Crippen LogP contribution in [0, 0.1) is 0 Å². The van der Waals surface area contributed by atoms with Gasteiger partial charge < -0.3 is 10.1 Å². The number of carbonyl (C=O) groups excluding carboxylic acids is 1. The molecule has 1 atom stereocenters. The molecule has 24 heavy (non-hydrogen) atoms. The molecule has 0 aliphatic carbocycles. The fraction of sp³-hybridized carbons (Fsp3) is 0.263. The second-order valence-corrected chi connectivity index (χ2v) is 5.67. The number of ether oxygens (including phenoxy) is 1. The zero-order chi connectivity index (χ0) is 16.9. The zero-order valence-electron chi connectivity index (χ0n) is 13.9. The summed E-state index contributed by atoms with van der Waals surface area (Å²) in [5.74, 6) is 0.762. The number of carbonyl (C=O) groups is 1. The van der Waals surface area contributed by atoms with E-state index in [1.165, 1.54) is 0 Å². The average Bonchev–Trinajstić information content (AvgIpc) is 3.08. The first-order valence-electron chi connectivity index (χ1n) is 7.96. The van der Waals surface area contributed by atoms with Crippen molar-refractivity contribution in [2.45, 2.75) is 12.5 Å². The summed E-state index contributed by atoms with van der Waals surface area (Å²) in [6.07, 6.45) is 0.700. The van der Waals surface area contributed by atoms with Crippen LogP contribution in [0.15, 0.2) is 59.7 Å². The Morgan fingerprint density at radius 2 is 1.92 bits per heavy atom. The standard InChI is InChI=1S/C19H21N3O2/c1-20-13-19(23)22-18(15-8-10-16(24-2)11-9-15)12-17(21-22)14-6-4-3-5-7-14/h3-11,18,20H,12-13H2,1-2H3. The van der Waals surface area contributed by atoms with Crippen molar-refractivity contribution in [3.8, 4) is 5.75 Å². The van der Waals surface area contributed by atoms with Gasteiger partial charge in [0, 0.05) is 6.42 Å². The summed E-state index contributed by atoms with van der Waals surface area (Å²) in [5, 5.41) is 9.11. The summed E-state index contributed by atoms with van der Waals surface area (Å²) >= 11 is 0. The molecule has 0 bridgehead atoms. The molecule has 1 aliphatic rings. The minimum absolute atomic E-state index is 0.0377. The Labute approximate surface area is 141 Å². The van der Waals surface area contributed by atoms with E-state index in [4.69, 9.17) is 4.74 Å². The van der Waals surface area contributed by atoms with E-state index >= 15 is 0 Å². The first-order valence-corrected chi connectivity index (χ1v) is 7.96. The van der Waals surface area contributed by atoms with Gasteiger partial charge in [-0.25, -0.2) is 5.01 Å². The van der Waals surface area contributed by atoms with Gasteiger partial charge in [-0.1, -0.05) is 42.5 Å². The van der Waals surface area contributed by atoms with Crippen LogP contribution in [0.4, 0.5) is 0 Å². The number of hydrazone groups is 1. The Morgan fingerprint density at radius 1 is 1.21 bits per heavy atom. The predicted molar refractivity (Wildman–Crippen MR) is 94.1 cm³/mol. The van der Waals surface area contributed by atoms with E-state index in [0.29, 0.717) is 6.42 Å². The molecule has 5 nitrogen and oxygen atoms in total. The minimum Gasteiger partial charge on any atom is -0.497 e. The fourth-order valence-electron chi connectivity index (χ4n) is 2.86. The number of nitrogens with one attached hydrogen (secondary N) is 1. The van der Waals surface area contributed by atoms with Crippen molar-refractivity contribution in [3.05, 3.63) is 65.7 Å². The van der Waals surface area contributed by atoms with E-state index in [0.717, 1.165) is 22.6 Å². The molecule has 2 aromatic carbocycles. The maximum absolute atomic E-state index is 12.5. The van der Waals surface area contributed by atoms with Crippen LogP contribution in [0.1, 0.15) is 23.6 Å². The molecule has 0 fully saturated rings. The van der Waals surface area contributed by atoms with Crippen LogP contribution in [0.5, 0.6) is 5.75 Å². The minimum atomic E-state index is -0.0908. The third-order valence-electron chi connectivity index (χ3n) is 4.10. The lowest BCUT2D eigenvalue weighted by Gasteiger charge is -2.22. The largest absolute Gasteiger partial charge is 0.497 e. The molecule has 0 radical (unpaired) electrons. The second kappa shape index (κ2) is 7.27. The van der Waals surface area contributed by atoms with Crippen LogP contribution >= 0.6 is 0 Å². The molecular formula is C19H21N3O2. The van der Waals surface area contributed by atoms with Gasteiger partial charge in [-0.2, -0.15) is 5.10 Å². The Balaban J connectivity index is 1.91. The SMILES string of the molecule is CNCC(=O)N1N=C(c2ccccc2)CC1c1ccc(OC)cc1. The van der Waals surface area contributed by atoms with Crippen LogP contribution in [0.3, 0.4) is 0 Å². The zero-order valence-corrected chi connectivity index (χ0v) is 13.9. The highest BCUT2D eigenvalue weighted by molar-refractivity contribution is 6.03. The maximum Gasteiger partial charge on any atom is 0.257 e. The van der Waals surface area contributed by atoms with Gasteiger partial charge in [0.2, 0.25) is 0 Å². The van der Waals surface area contributed by atoms with Crippen LogP contribution < -0.4 is 10.1 Å². The summed E-state index contributed by atoms with van der Waals surface area (Å²) in [6, 6.07) is 17.7. The van der Waals surface area contributed by atoms with Gasteiger partial charge >= 0.3 is 0 Å². The Kier molecular flexibility index (Phi) is 4.91. The third kappa shape index (κ3) is 3.31. The van der Waals surface area contributed by atoms with Crippen LogP contribution in [-0.2, 0) is 4.79 Å². The summed E-state index contributed by atoms with van der Waals surface area (Å²) < 4.78 is 5.22. The summed E-state index contributed by atoms with van der Waals surface area (Å²) in [7, 11) is 3.40. The highest BCUT2D eigenvalue weighted by Crippen LogP contribution is 2.33. The molecule has 5 heteroatoms. The lowest BCUT2D eigenvalue weighted by molar-refractivity contribution is -0.131. The quantitative estimate of drug-likeness (QED) is 0.920. The van der Waals surface area contributed by atoms with Crippen molar-refractivity contribution < 1.29 is 9.53 Å². The van der Waals surface area contributed by atoms with Crippen molar-refractivity contribution in [3.63, 3.8) is 0 Å². The summed E-state index contributed by atoms with van der Waals surface area (Å²) in [5.41, 5.74) is 3.03. The van der Waals surface area contributed by atoms with Gasteiger partial charge in [0.25, 0.3) is 5.91 Å². The van der Waals surface area contributed by atoms with Gasteiger partial charge in [-0.05, 0) is 30.3 Å². The Morgan fingerprint density at radius 3 is 2.54 bits per heavy atom. The molecule has 3 rings (SSSR count). The lowest BCUT2D eigenvalue weighted by atomic mass is 9.98. The van der Waals surface area contributed by atoms with Crippen molar-refractivity contribution in [2.75, 3.05) is 20.7 Å². The van der Waals surface area contributed by atoms with Crippen molar-refractivity contribution in [1.29, 1.82) is 0 Å². The van der Waals surface area contributed by atoms with E-state index in [1.807, 2.05) is 54.6 Å². The van der Waals surface area contributed by atoms with E-state index in [9.17, 15) is 4.79 Å². The van der Waals surface area contributed by atoms with E-state index in [1.54, 1.807) is 19.2 Å². The highest BCUT2D eigenvalue weighted by Gasteiger charge is 2.32. The molecule has 1 amide bonds. The van der Waals surface area contributed by atoms with E-state index in [2.05, 4.69) is 10.4 Å². The fourth-order valence-corrected chi connectivity index (χ4v) is 2.86. The molecular weight excluding hydrogens is 302 g/mol. The molecule has 0 aromatic heterocycles. The molecule has 1 heterocycles. The normalized spacial score (nSPS) is 16.8. The highest BCUT2D eigenvalue weighted by atomic mass is 16.5. The molecule has 2 aromatic rings. The van der Waals surface area contributed by atoms with Crippen LogP contribution in [0.2, 0.25) is 0 Å². The number of hydrogen-bond donors (Lipinski definition) is 1. The number of nitrogens with zero attached hydrogens (tertiary/aromatic N) is 2. The first-order chi connectivity index (χ1) is 11.7. The Bertz CT molecular complexity index is 726.